The van der Waals surface area contributed by atoms with Crippen LogP contribution in [0.1, 0.15) is 29.3 Å². The maximum Gasteiger partial charge on any atom is 0.162 e. The third-order valence-electron chi connectivity index (χ3n) is 3.61. The Bertz CT molecular complexity index is 677. The Morgan fingerprint density at radius 1 is 1.20 bits per heavy atom. The SMILES string of the molecule is CCC(=O)c1ccc2c(c1)CCOc1cc(F)ccc1-2. The molecule has 0 aliphatic carbocycles. The highest BCUT2D eigenvalue weighted by Gasteiger charge is 2.17. The molecular weight excluding hydrogens is 255 g/mol. The van der Waals surface area contributed by atoms with Crippen molar-refractivity contribution in [1.29, 1.82) is 0 Å². The minimum atomic E-state index is -0.301. The van der Waals surface area contributed by atoms with Gasteiger partial charge in [-0.1, -0.05) is 19.1 Å². The van der Waals surface area contributed by atoms with Crippen LogP contribution in [0.15, 0.2) is 36.4 Å². The number of ether oxygens (including phenoxy) is 1. The van der Waals surface area contributed by atoms with Crippen molar-refractivity contribution >= 4 is 5.78 Å². The molecule has 102 valence electrons. The molecule has 0 atom stereocenters. The van der Waals surface area contributed by atoms with Gasteiger partial charge in [-0.25, -0.2) is 4.39 Å². The van der Waals surface area contributed by atoms with Gasteiger partial charge in [0.05, 0.1) is 6.61 Å². The highest BCUT2D eigenvalue weighted by atomic mass is 19.1. The molecule has 2 aromatic carbocycles. The smallest absolute Gasteiger partial charge is 0.162 e. The zero-order valence-corrected chi connectivity index (χ0v) is 11.3. The summed E-state index contributed by atoms with van der Waals surface area (Å²) in [5.41, 5.74) is 3.71. The molecule has 1 aliphatic rings. The molecular formula is C17H15FO2. The van der Waals surface area contributed by atoms with E-state index in [1.54, 1.807) is 6.07 Å². The van der Waals surface area contributed by atoms with Crippen LogP contribution in [-0.4, -0.2) is 12.4 Å². The lowest BCUT2D eigenvalue weighted by molar-refractivity contribution is 0.0988. The second kappa shape index (κ2) is 5.08. The summed E-state index contributed by atoms with van der Waals surface area (Å²) in [5.74, 6) is 0.403. The second-order valence-corrected chi connectivity index (χ2v) is 4.89. The number of benzene rings is 2. The molecule has 0 aromatic heterocycles. The first kappa shape index (κ1) is 12.9. The van der Waals surface area contributed by atoms with Crippen LogP contribution in [0.4, 0.5) is 4.39 Å². The number of hydrogen-bond acceptors (Lipinski definition) is 2. The Morgan fingerprint density at radius 2 is 2.00 bits per heavy atom. The molecule has 3 rings (SSSR count). The molecule has 1 heterocycles. The summed E-state index contributed by atoms with van der Waals surface area (Å²) in [7, 11) is 0. The van der Waals surface area contributed by atoms with Crippen molar-refractivity contribution in [3.63, 3.8) is 0 Å². The van der Waals surface area contributed by atoms with Gasteiger partial charge in [-0.05, 0) is 29.3 Å². The average Bonchev–Trinajstić information content (AvgIpc) is 2.64. The predicted molar refractivity (Wildman–Crippen MR) is 75.7 cm³/mol. The zero-order valence-electron chi connectivity index (χ0n) is 11.3. The molecule has 1 aliphatic heterocycles. The van der Waals surface area contributed by atoms with E-state index < -0.39 is 0 Å². The summed E-state index contributed by atoms with van der Waals surface area (Å²) in [5, 5.41) is 0. The van der Waals surface area contributed by atoms with Gasteiger partial charge < -0.3 is 4.74 Å². The maximum atomic E-state index is 13.3. The summed E-state index contributed by atoms with van der Waals surface area (Å²) in [6, 6.07) is 10.3. The Hall–Kier alpha value is -2.16. The van der Waals surface area contributed by atoms with E-state index in [-0.39, 0.29) is 11.6 Å². The normalized spacial score (nSPS) is 12.9. The summed E-state index contributed by atoms with van der Waals surface area (Å²) in [4.78, 5) is 11.8. The van der Waals surface area contributed by atoms with Crippen molar-refractivity contribution in [1.82, 2.24) is 0 Å². The minimum Gasteiger partial charge on any atom is -0.492 e. The molecule has 0 unspecified atom stereocenters. The van der Waals surface area contributed by atoms with Crippen LogP contribution >= 0.6 is 0 Å². The van der Waals surface area contributed by atoms with Crippen LogP contribution in [0.25, 0.3) is 11.1 Å². The fourth-order valence-corrected chi connectivity index (χ4v) is 2.55. The van der Waals surface area contributed by atoms with Crippen LogP contribution in [-0.2, 0) is 6.42 Å². The Labute approximate surface area is 117 Å². The van der Waals surface area contributed by atoms with Gasteiger partial charge in [-0.2, -0.15) is 0 Å². The number of hydrogen-bond donors (Lipinski definition) is 0. The van der Waals surface area contributed by atoms with E-state index in [1.807, 2.05) is 25.1 Å². The van der Waals surface area contributed by atoms with Crippen LogP contribution in [0.2, 0.25) is 0 Å². The lowest BCUT2D eigenvalue weighted by atomic mass is 9.94. The molecule has 0 fully saturated rings. The highest BCUT2D eigenvalue weighted by Crippen LogP contribution is 2.36. The summed E-state index contributed by atoms with van der Waals surface area (Å²) >= 11 is 0. The van der Waals surface area contributed by atoms with Gasteiger partial charge in [0.2, 0.25) is 0 Å². The number of carbonyl (C=O) groups excluding carboxylic acids is 1. The largest absolute Gasteiger partial charge is 0.492 e. The van der Waals surface area contributed by atoms with Crippen molar-refractivity contribution in [2.45, 2.75) is 19.8 Å². The first-order valence-corrected chi connectivity index (χ1v) is 6.78. The van der Waals surface area contributed by atoms with Gasteiger partial charge >= 0.3 is 0 Å². The predicted octanol–water partition coefficient (Wildman–Crippen LogP) is 4.02. The Balaban J connectivity index is 2.13. The minimum absolute atomic E-state index is 0.136. The standard InChI is InChI=1S/C17H15FO2/c1-2-16(19)12-3-5-14-11(9-12)7-8-20-17-10-13(18)4-6-15(14)17/h3-6,9-10H,2,7-8H2,1H3. The van der Waals surface area contributed by atoms with Crippen molar-refractivity contribution in [3.8, 4) is 16.9 Å². The number of rotatable bonds is 2. The number of fused-ring (bicyclic) bond motifs is 3. The zero-order chi connectivity index (χ0) is 14.1. The molecule has 0 radical (unpaired) electrons. The first-order chi connectivity index (χ1) is 9.69. The number of carbonyl (C=O) groups is 1. The van der Waals surface area contributed by atoms with E-state index in [0.717, 1.165) is 28.7 Å². The van der Waals surface area contributed by atoms with Crippen molar-refractivity contribution in [2.75, 3.05) is 6.61 Å². The van der Waals surface area contributed by atoms with E-state index in [2.05, 4.69) is 0 Å². The Kier molecular flexibility index (Phi) is 3.26. The monoisotopic (exact) mass is 270 g/mol. The molecule has 3 heteroatoms. The topological polar surface area (TPSA) is 26.3 Å². The summed E-state index contributed by atoms with van der Waals surface area (Å²) in [6.45, 7) is 2.35. The molecule has 0 N–H and O–H groups in total. The highest BCUT2D eigenvalue weighted by molar-refractivity contribution is 5.96. The second-order valence-electron chi connectivity index (χ2n) is 4.89. The summed E-state index contributed by atoms with van der Waals surface area (Å²) < 4.78 is 18.9. The lowest BCUT2D eigenvalue weighted by Crippen LogP contribution is -2.01. The quantitative estimate of drug-likeness (QED) is 0.770. The van der Waals surface area contributed by atoms with Crippen molar-refractivity contribution in [3.05, 3.63) is 53.3 Å². The maximum absolute atomic E-state index is 13.3. The molecule has 0 spiro atoms. The van der Waals surface area contributed by atoms with Gasteiger partial charge in [-0.3, -0.25) is 4.79 Å². The van der Waals surface area contributed by atoms with Gasteiger partial charge in [-0.15, -0.1) is 0 Å². The van der Waals surface area contributed by atoms with E-state index in [9.17, 15) is 9.18 Å². The molecule has 2 aromatic rings. The van der Waals surface area contributed by atoms with E-state index in [1.165, 1.54) is 12.1 Å². The lowest BCUT2D eigenvalue weighted by Gasteiger charge is -2.09. The molecule has 0 bridgehead atoms. The van der Waals surface area contributed by atoms with Crippen molar-refractivity contribution < 1.29 is 13.9 Å². The van der Waals surface area contributed by atoms with E-state index >= 15 is 0 Å². The first-order valence-electron chi connectivity index (χ1n) is 6.78. The van der Waals surface area contributed by atoms with Crippen molar-refractivity contribution in [2.24, 2.45) is 0 Å². The van der Waals surface area contributed by atoms with Crippen LogP contribution in [0, 0.1) is 5.82 Å². The van der Waals surface area contributed by atoms with E-state index in [0.29, 0.717) is 18.8 Å². The van der Waals surface area contributed by atoms with Gasteiger partial charge in [0, 0.05) is 30.0 Å². The third kappa shape index (κ3) is 2.20. The fraction of sp³-hybridized carbons (Fsp3) is 0.235. The van der Waals surface area contributed by atoms with Crippen LogP contribution in [0.3, 0.4) is 0 Å². The van der Waals surface area contributed by atoms with Gasteiger partial charge in [0.1, 0.15) is 11.6 Å². The molecule has 0 saturated carbocycles. The van der Waals surface area contributed by atoms with E-state index in [4.69, 9.17) is 4.74 Å². The van der Waals surface area contributed by atoms with Gasteiger partial charge in [0.15, 0.2) is 5.78 Å². The number of Topliss-reactive ketones (excluding diaryl/α,β-unsaturated/α-hetero) is 1. The fourth-order valence-electron chi connectivity index (χ4n) is 2.55. The van der Waals surface area contributed by atoms with Gasteiger partial charge in [0.25, 0.3) is 0 Å². The molecule has 20 heavy (non-hydrogen) atoms. The Morgan fingerprint density at radius 3 is 2.80 bits per heavy atom. The van der Waals surface area contributed by atoms with Crippen LogP contribution < -0.4 is 4.74 Å². The third-order valence-corrected chi connectivity index (χ3v) is 3.61. The van der Waals surface area contributed by atoms with Crippen LogP contribution in [0.5, 0.6) is 5.75 Å². The average molecular weight is 270 g/mol. The molecule has 0 saturated heterocycles. The number of ketones is 1. The number of halogens is 1. The molecule has 0 amide bonds. The molecule has 2 nitrogen and oxygen atoms in total. The summed E-state index contributed by atoms with van der Waals surface area (Å²) in [6.07, 6.45) is 1.22.